The van der Waals surface area contributed by atoms with E-state index in [4.69, 9.17) is 9.47 Å². The summed E-state index contributed by atoms with van der Waals surface area (Å²) in [5, 5.41) is 9.49. The van der Waals surface area contributed by atoms with Crippen LogP contribution in [0.1, 0.15) is 55.8 Å². The third-order valence-electron chi connectivity index (χ3n) is 5.42. The molecule has 0 aromatic heterocycles. The molecule has 1 aliphatic carbocycles. The third kappa shape index (κ3) is 3.94. The van der Waals surface area contributed by atoms with Crippen molar-refractivity contribution in [1.82, 2.24) is 4.90 Å². The molecule has 1 amide bonds. The van der Waals surface area contributed by atoms with Crippen molar-refractivity contribution in [3.8, 4) is 11.5 Å². The summed E-state index contributed by atoms with van der Waals surface area (Å²) in [6.07, 6.45) is 5.93. The molecule has 1 aromatic carbocycles. The van der Waals surface area contributed by atoms with E-state index in [-0.39, 0.29) is 12.0 Å². The molecule has 1 saturated carbocycles. The zero-order valence-electron chi connectivity index (χ0n) is 15.4. The molecular formula is C20H27NO5. The number of nitrogens with zero attached hydrogens (tertiary/aromatic N) is 1. The van der Waals surface area contributed by atoms with Crippen LogP contribution in [0.5, 0.6) is 11.5 Å². The Morgan fingerprint density at radius 1 is 1.15 bits per heavy atom. The Bertz CT molecular complexity index is 668. The number of rotatable bonds is 5. The van der Waals surface area contributed by atoms with E-state index in [0.717, 1.165) is 19.3 Å². The number of carbonyl (C=O) groups excluding carboxylic acids is 1. The number of aliphatic carboxylic acids is 1. The molecule has 1 heterocycles. The van der Waals surface area contributed by atoms with Crippen LogP contribution in [0.25, 0.3) is 0 Å². The number of hydrogen-bond acceptors (Lipinski definition) is 4. The molecule has 1 aliphatic heterocycles. The maximum atomic E-state index is 12.9. The Labute approximate surface area is 154 Å². The van der Waals surface area contributed by atoms with E-state index < -0.39 is 12.0 Å². The molecule has 0 spiro atoms. The van der Waals surface area contributed by atoms with Gasteiger partial charge in [0, 0.05) is 12.1 Å². The monoisotopic (exact) mass is 361 g/mol. The van der Waals surface area contributed by atoms with Crippen LogP contribution in [0.2, 0.25) is 0 Å². The van der Waals surface area contributed by atoms with Crippen molar-refractivity contribution in [1.29, 1.82) is 0 Å². The molecule has 3 rings (SSSR count). The molecule has 2 fully saturated rings. The average molecular weight is 361 g/mol. The number of carbonyl (C=O) groups is 2. The molecular weight excluding hydrogens is 334 g/mol. The fourth-order valence-corrected chi connectivity index (χ4v) is 3.87. The second-order valence-electron chi connectivity index (χ2n) is 7.37. The Balaban J connectivity index is 1.79. The number of carboxylic acids is 1. The van der Waals surface area contributed by atoms with Gasteiger partial charge in [-0.1, -0.05) is 6.92 Å². The highest BCUT2D eigenvalue weighted by atomic mass is 16.5. The highest BCUT2D eigenvalue weighted by Crippen LogP contribution is 2.33. The van der Waals surface area contributed by atoms with E-state index in [2.05, 4.69) is 0 Å². The molecule has 2 aliphatic rings. The highest BCUT2D eigenvalue weighted by molar-refractivity contribution is 5.97. The number of carboxylic acid groups (broad SMARTS) is 1. The Morgan fingerprint density at radius 3 is 2.54 bits per heavy atom. The molecule has 0 radical (unpaired) electrons. The molecule has 1 N–H and O–H groups in total. The summed E-state index contributed by atoms with van der Waals surface area (Å²) in [4.78, 5) is 26.0. The number of ether oxygens (including phenoxy) is 2. The minimum absolute atomic E-state index is 0.199. The maximum absolute atomic E-state index is 12.9. The van der Waals surface area contributed by atoms with Crippen LogP contribution in [-0.4, -0.2) is 47.7 Å². The van der Waals surface area contributed by atoms with Gasteiger partial charge in [0.25, 0.3) is 5.91 Å². The second kappa shape index (κ2) is 7.98. The van der Waals surface area contributed by atoms with Gasteiger partial charge in [0.2, 0.25) is 0 Å². The van der Waals surface area contributed by atoms with Crippen molar-refractivity contribution in [3.63, 3.8) is 0 Å². The second-order valence-corrected chi connectivity index (χ2v) is 7.37. The lowest BCUT2D eigenvalue weighted by atomic mass is 9.92. The summed E-state index contributed by atoms with van der Waals surface area (Å²) in [6.45, 7) is 2.48. The molecule has 2 unspecified atom stereocenters. The van der Waals surface area contributed by atoms with E-state index in [9.17, 15) is 14.7 Å². The summed E-state index contributed by atoms with van der Waals surface area (Å²) < 4.78 is 11.4. The largest absolute Gasteiger partial charge is 0.493 e. The lowest BCUT2D eigenvalue weighted by Gasteiger charge is -2.36. The van der Waals surface area contributed by atoms with Crippen LogP contribution >= 0.6 is 0 Å². The molecule has 6 heteroatoms. The molecule has 0 bridgehead atoms. The zero-order valence-corrected chi connectivity index (χ0v) is 15.4. The van der Waals surface area contributed by atoms with Crippen LogP contribution in [-0.2, 0) is 4.79 Å². The van der Waals surface area contributed by atoms with Gasteiger partial charge < -0.3 is 19.5 Å². The quantitative estimate of drug-likeness (QED) is 0.870. The van der Waals surface area contributed by atoms with E-state index in [1.807, 2.05) is 6.92 Å². The smallest absolute Gasteiger partial charge is 0.326 e. The molecule has 1 saturated heterocycles. The molecule has 2 atom stereocenters. The summed E-state index contributed by atoms with van der Waals surface area (Å²) in [6, 6.07) is 4.34. The number of piperidine rings is 1. The van der Waals surface area contributed by atoms with Crippen LogP contribution in [0, 0.1) is 5.92 Å². The van der Waals surface area contributed by atoms with Gasteiger partial charge in [-0.2, -0.15) is 0 Å². The van der Waals surface area contributed by atoms with E-state index in [0.29, 0.717) is 35.9 Å². The Morgan fingerprint density at radius 2 is 1.88 bits per heavy atom. The van der Waals surface area contributed by atoms with E-state index in [1.165, 1.54) is 17.7 Å². The number of methoxy groups -OCH3 is 1. The summed E-state index contributed by atoms with van der Waals surface area (Å²) in [5.74, 6) is 0.239. The highest BCUT2D eigenvalue weighted by Gasteiger charge is 2.35. The topological polar surface area (TPSA) is 76.1 Å². The Hall–Kier alpha value is -2.24. The lowest BCUT2D eigenvalue weighted by Crippen LogP contribution is -2.49. The minimum atomic E-state index is -0.946. The summed E-state index contributed by atoms with van der Waals surface area (Å²) in [5.41, 5.74) is 0.432. The zero-order chi connectivity index (χ0) is 18.7. The average Bonchev–Trinajstić information content (AvgIpc) is 3.14. The van der Waals surface area contributed by atoms with Gasteiger partial charge in [-0.15, -0.1) is 0 Å². The van der Waals surface area contributed by atoms with Crippen LogP contribution in [0.15, 0.2) is 18.2 Å². The predicted octanol–water partition coefficient (Wildman–Crippen LogP) is 3.34. The molecule has 142 valence electrons. The fourth-order valence-electron chi connectivity index (χ4n) is 3.87. The summed E-state index contributed by atoms with van der Waals surface area (Å²) >= 11 is 0. The first kappa shape index (κ1) is 18.5. The van der Waals surface area contributed by atoms with Crippen molar-refractivity contribution in [3.05, 3.63) is 23.8 Å². The standard InChI is InChI=1S/C20H27NO5/c1-13-9-10-21(16(11-13)20(23)24)19(22)14-7-8-17(18(12-14)25-2)26-15-5-3-4-6-15/h7-8,12-13,15-16H,3-6,9-11H2,1-2H3,(H,23,24). The van der Waals surface area contributed by atoms with Gasteiger partial charge in [-0.3, -0.25) is 4.79 Å². The lowest BCUT2D eigenvalue weighted by molar-refractivity contribution is -0.144. The van der Waals surface area contributed by atoms with E-state index >= 15 is 0 Å². The number of likely N-dealkylation sites (tertiary alicyclic amines) is 1. The summed E-state index contributed by atoms with van der Waals surface area (Å²) in [7, 11) is 1.55. The molecule has 26 heavy (non-hydrogen) atoms. The third-order valence-corrected chi connectivity index (χ3v) is 5.42. The van der Waals surface area contributed by atoms with Gasteiger partial charge in [0.05, 0.1) is 13.2 Å². The van der Waals surface area contributed by atoms with Crippen molar-refractivity contribution in [2.24, 2.45) is 5.92 Å². The van der Waals surface area contributed by atoms with Gasteiger partial charge in [0.1, 0.15) is 6.04 Å². The van der Waals surface area contributed by atoms with E-state index in [1.54, 1.807) is 25.3 Å². The normalized spacial score (nSPS) is 23.7. The maximum Gasteiger partial charge on any atom is 0.326 e. The minimum Gasteiger partial charge on any atom is -0.493 e. The van der Waals surface area contributed by atoms with Gasteiger partial charge in [-0.25, -0.2) is 4.79 Å². The first-order valence-electron chi connectivity index (χ1n) is 9.38. The van der Waals surface area contributed by atoms with Crippen molar-refractivity contribution < 1.29 is 24.2 Å². The Kier molecular flexibility index (Phi) is 5.69. The van der Waals surface area contributed by atoms with Crippen molar-refractivity contribution in [2.45, 2.75) is 57.6 Å². The van der Waals surface area contributed by atoms with Crippen LogP contribution in [0.4, 0.5) is 0 Å². The first-order chi connectivity index (χ1) is 12.5. The SMILES string of the molecule is COc1cc(C(=O)N2CCC(C)CC2C(=O)O)ccc1OC1CCCC1. The first-order valence-corrected chi connectivity index (χ1v) is 9.38. The molecule has 6 nitrogen and oxygen atoms in total. The van der Waals surface area contributed by atoms with Gasteiger partial charge in [0.15, 0.2) is 11.5 Å². The number of hydrogen-bond donors (Lipinski definition) is 1. The van der Waals surface area contributed by atoms with Gasteiger partial charge in [-0.05, 0) is 62.6 Å². The van der Waals surface area contributed by atoms with Crippen LogP contribution < -0.4 is 9.47 Å². The fraction of sp³-hybridized carbons (Fsp3) is 0.600. The van der Waals surface area contributed by atoms with Crippen molar-refractivity contribution >= 4 is 11.9 Å². The predicted molar refractivity (Wildman–Crippen MR) is 96.7 cm³/mol. The number of amides is 1. The number of benzene rings is 1. The molecule has 1 aromatic rings. The van der Waals surface area contributed by atoms with Gasteiger partial charge >= 0.3 is 5.97 Å². The van der Waals surface area contributed by atoms with Crippen molar-refractivity contribution in [2.75, 3.05) is 13.7 Å². The van der Waals surface area contributed by atoms with Crippen LogP contribution in [0.3, 0.4) is 0 Å².